The van der Waals surface area contributed by atoms with Crippen LogP contribution in [0.4, 0.5) is 0 Å². The lowest BCUT2D eigenvalue weighted by atomic mass is 10.1. The highest BCUT2D eigenvalue weighted by Gasteiger charge is 2.27. The molecule has 2 heterocycles. The molecule has 36 heavy (non-hydrogen) atoms. The van der Waals surface area contributed by atoms with Gasteiger partial charge in [0.25, 0.3) is 5.91 Å². The van der Waals surface area contributed by atoms with E-state index in [0.29, 0.717) is 13.1 Å². The Kier molecular flexibility index (Phi) is 6.75. The zero-order valence-electron chi connectivity index (χ0n) is 19.5. The Morgan fingerprint density at radius 2 is 1.61 bits per heavy atom. The van der Waals surface area contributed by atoms with E-state index >= 15 is 0 Å². The highest BCUT2D eigenvalue weighted by molar-refractivity contribution is 7.89. The summed E-state index contributed by atoms with van der Waals surface area (Å²) < 4.78 is 28.9. The van der Waals surface area contributed by atoms with Crippen molar-refractivity contribution in [2.45, 2.75) is 17.7 Å². The zero-order chi connectivity index (χ0) is 25.0. The number of amides is 1. The molecule has 0 spiro atoms. The number of sulfonamides is 1. The van der Waals surface area contributed by atoms with Crippen LogP contribution in [0.2, 0.25) is 0 Å². The molecule has 3 aromatic carbocycles. The third-order valence-electron chi connectivity index (χ3n) is 5.98. The van der Waals surface area contributed by atoms with Crippen LogP contribution in [-0.2, 0) is 10.0 Å². The maximum absolute atomic E-state index is 12.9. The fourth-order valence-corrected chi connectivity index (χ4v) is 5.68. The standard InChI is InChI=1S/C27H25N5O3S/c33-27(22-12-9-15-25(18-22)36(34,35)31-16-7-8-17-31)29-28-19-23-20-32(24-13-5-2-6-14-24)30-26(23)21-10-3-1-4-11-21/h1-6,9-15,18-20H,7-8,16-17H2,(H,29,33)/b28-19+. The molecule has 1 aromatic heterocycles. The van der Waals surface area contributed by atoms with Crippen LogP contribution in [0, 0.1) is 0 Å². The van der Waals surface area contributed by atoms with E-state index in [0.717, 1.165) is 35.3 Å². The van der Waals surface area contributed by atoms with Gasteiger partial charge in [-0.25, -0.2) is 18.5 Å². The van der Waals surface area contributed by atoms with Gasteiger partial charge in [0.15, 0.2) is 0 Å². The maximum Gasteiger partial charge on any atom is 0.271 e. The Bertz CT molecular complexity index is 1490. The van der Waals surface area contributed by atoms with Gasteiger partial charge in [0.05, 0.1) is 16.8 Å². The SMILES string of the molecule is O=C(N/N=C/c1cn(-c2ccccc2)nc1-c1ccccc1)c1cccc(S(=O)(=O)N2CCCC2)c1. The first-order valence-electron chi connectivity index (χ1n) is 11.7. The van der Waals surface area contributed by atoms with Crippen molar-refractivity contribution >= 4 is 22.1 Å². The monoisotopic (exact) mass is 499 g/mol. The molecule has 182 valence electrons. The molecule has 4 aromatic rings. The molecule has 1 aliphatic rings. The highest BCUT2D eigenvalue weighted by Crippen LogP contribution is 2.23. The molecule has 1 amide bonds. The number of rotatable bonds is 7. The minimum absolute atomic E-state index is 0.108. The number of carbonyl (C=O) groups excluding carboxylic acids is 1. The van der Waals surface area contributed by atoms with Crippen LogP contribution < -0.4 is 5.43 Å². The average Bonchev–Trinajstić information content (AvgIpc) is 3.61. The summed E-state index contributed by atoms with van der Waals surface area (Å²) in [7, 11) is -3.61. The third kappa shape index (κ3) is 4.98. The smallest absolute Gasteiger partial charge is 0.267 e. The lowest BCUT2D eigenvalue weighted by molar-refractivity contribution is 0.0955. The van der Waals surface area contributed by atoms with Crippen molar-refractivity contribution in [3.05, 3.63) is 102 Å². The Morgan fingerprint density at radius 1 is 0.917 bits per heavy atom. The fraction of sp³-hybridized carbons (Fsp3) is 0.148. The maximum atomic E-state index is 12.9. The first kappa shape index (κ1) is 23.7. The molecule has 0 unspecified atom stereocenters. The van der Waals surface area contributed by atoms with Crippen molar-refractivity contribution in [1.82, 2.24) is 19.5 Å². The van der Waals surface area contributed by atoms with Gasteiger partial charge >= 0.3 is 0 Å². The molecule has 5 rings (SSSR count). The van der Waals surface area contributed by atoms with E-state index in [1.807, 2.05) is 66.9 Å². The molecule has 0 radical (unpaired) electrons. The number of hydrazone groups is 1. The number of nitrogens with one attached hydrogen (secondary N) is 1. The van der Waals surface area contributed by atoms with Crippen molar-refractivity contribution in [2.24, 2.45) is 5.10 Å². The van der Waals surface area contributed by atoms with E-state index in [9.17, 15) is 13.2 Å². The molecule has 1 N–H and O–H groups in total. The minimum atomic E-state index is -3.61. The van der Waals surface area contributed by atoms with Crippen LogP contribution in [0.3, 0.4) is 0 Å². The van der Waals surface area contributed by atoms with Gasteiger partial charge in [-0.2, -0.15) is 14.5 Å². The first-order chi connectivity index (χ1) is 17.5. The van der Waals surface area contributed by atoms with Crippen LogP contribution in [0.15, 0.2) is 101 Å². The van der Waals surface area contributed by atoms with Gasteiger partial charge in [0, 0.05) is 36.0 Å². The second kappa shape index (κ2) is 10.3. The molecule has 9 heteroatoms. The lowest BCUT2D eigenvalue weighted by Gasteiger charge is -2.15. The summed E-state index contributed by atoms with van der Waals surface area (Å²) in [5.74, 6) is -0.499. The molecule has 0 bridgehead atoms. The number of para-hydroxylation sites is 1. The van der Waals surface area contributed by atoms with Crippen LogP contribution in [-0.4, -0.2) is 47.7 Å². The Labute approximate surface area is 209 Å². The van der Waals surface area contributed by atoms with Crippen LogP contribution >= 0.6 is 0 Å². The Hall–Kier alpha value is -4.08. The van der Waals surface area contributed by atoms with E-state index in [1.54, 1.807) is 16.8 Å². The summed E-state index contributed by atoms with van der Waals surface area (Å²) in [5, 5.41) is 8.87. The number of hydrogen-bond donors (Lipinski definition) is 1. The Balaban J connectivity index is 1.37. The van der Waals surface area contributed by atoms with Gasteiger partial charge in [-0.1, -0.05) is 54.6 Å². The summed E-state index contributed by atoms with van der Waals surface area (Å²) >= 11 is 0. The fourth-order valence-electron chi connectivity index (χ4n) is 4.12. The van der Waals surface area contributed by atoms with Crippen LogP contribution in [0.5, 0.6) is 0 Å². The van der Waals surface area contributed by atoms with Gasteiger partial charge < -0.3 is 0 Å². The number of nitrogens with zero attached hydrogens (tertiary/aromatic N) is 4. The molecule has 1 saturated heterocycles. The molecule has 0 atom stereocenters. The predicted molar refractivity (Wildman–Crippen MR) is 138 cm³/mol. The number of benzene rings is 3. The second-order valence-corrected chi connectivity index (χ2v) is 10.4. The lowest BCUT2D eigenvalue weighted by Crippen LogP contribution is -2.28. The summed E-state index contributed by atoms with van der Waals surface area (Å²) in [6, 6.07) is 25.5. The van der Waals surface area contributed by atoms with E-state index in [-0.39, 0.29) is 10.5 Å². The van der Waals surface area contributed by atoms with Crippen molar-refractivity contribution < 1.29 is 13.2 Å². The van der Waals surface area contributed by atoms with Crippen LogP contribution in [0.25, 0.3) is 16.9 Å². The zero-order valence-corrected chi connectivity index (χ0v) is 20.3. The van der Waals surface area contributed by atoms with E-state index in [1.165, 1.54) is 22.7 Å². The molecule has 8 nitrogen and oxygen atoms in total. The summed E-state index contributed by atoms with van der Waals surface area (Å²) in [6.45, 7) is 1.01. The predicted octanol–water partition coefficient (Wildman–Crippen LogP) is 4.09. The molecule has 0 aliphatic carbocycles. The summed E-state index contributed by atoms with van der Waals surface area (Å²) in [5.41, 5.74) is 5.98. The quantitative estimate of drug-likeness (QED) is 0.306. The second-order valence-electron chi connectivity index (χ2n) is 8.42. The number of aromatic nitrogens is 2. The first-order valence-corrected chi connectivity index (χ1v) is 13.1. The molecule has 0 saturated carbocycles. The van der Waals surface area contributed by atoms with Crippen LogP contribution in [0.1, 0.15) is 28.8 Å². The van der Waals surface area contributed by atoms with Crippen molar-refractivity contribution in [3.63, 3.8) is 0 Å². The molecular formula is C27H25N5O3S. The van der Waals surface area contributed by atoms with Gasteiger partial charge in [-0.15, -0.1) is 0 Å². The van der Waals surface area contributed by atoms with Gasteiger partial charge in [-0.3, -0.25) is 4.79 Å². The largest absolute Gasteiger partial charge is 0.271 e. The Morgan fingerprint density at radius 3 is 2.33 bits per heavy atom. The molecular weight excluding hydrogens is 474 g/mol. The van der Waals surface area contributed by atoms with Crippen molar-refractivity contribution in [2.75, 3.05) is 13.1 Å². The van der Waals surface area contributed by atoms with E-state index in [4.69, 9.17) is 5.10 Å². The minimum Gasteiger partial charge on any atom is -0.267 e. The van der Waals surface area contributed by atoms with Gasteiger partial charge in [0.2, 0.25) is 10.0 Å². The topological polar surface area (TPSA) is 96.7 Å². The summed E-state index contributed by atoms with van der Waals surface area (Å²) in [4.78, 5) is 12.9. The number of hydrogen-bond acceptors (Lipinski definition) is 5. The molecule has 1 aliphatic heterocycles. The van der Waals surface area contributed by atoms with Gasteiger partial charge in [0.1, 0.15) is 5.69 Å². The van der Waals surface area contributed by atoms with Gasteiger partial charge in [-0.05, 0) is 43.2 Å². The average molecular weight is 500 g/mol. The molecule has 1 fully saturated rings. The highest BCUT2D eigenvalue weighted by atomic mass is 32.2. The van der Waals surface area contributed by atoms with Crippen molar-refractivity contribution in [1.29, 1.82) is 0 Å². The van der Waals surface area contributed by atoms with E-state index in [2.05, 4.69) is 10.5 Å². The summed E-state index contributed by atoms with van der Waals surface area (Å²) in [6.07, 6.45) is 5.08. The normalized spacial score (nSPS) is 14.3. The van der Waals surface area contributed by atoms with E-state index < -0.39 is 15.9 Å². The number of carbonyl (C=O) groups is 1. The van der Waals surface area contributed by atoms with Crippen molar-refractivity contribution in [3.8, 4) is 16.9 Å². The third-order valence-corrected chi connectivity index (χ3v) is 7.87.